The Morgan fingerprint density at radius 2 is 1.91 bits per heavy atom. The molecule has 1 atom stereocenters. The van der Waals surface area contributed by atoms with Crippen molar-refractivity contribution in [2.75, 3.05) is 23.9 Å². The third kappa shape index (κ3) is 5.67. The molecule has 1 N–H and O–H groups in total. The number of sulfone groups is 1. The molecule has 0 saturated carbocycles. The van der Waals surface area contributed by atoms with Crippen LogP contribution in [0, 0.1) is 0 Å². The van der Waals surface area contributed by atoms with Crippen LogP contribution in [0.25, 0.3) is 0 Å². The van der Waals surface area contributed by atoms with Crippen LogP contribution in [0.1, 0.15) is 37.6 Å². The smallest absolute Gasteiger partial charge is 0.253 e. The van der Waals surface area contributed by atoms with Crippen LogP contribution >= 0.6 is 0 Å². The molecule has 7 heteroatoms. The fourth-order valence-corrected chi connectivity index (χ4v) is 3.17. The van der Waals surface area contributed by atoms with E-state index >= 15 is 0 Å². The average molecular weight is 340 g/mol. The monoisotopic (exact) mass is 340 g/mol. The number of benzene rings is 1. The fourth-order valence-electron chi connectivity index (χ4n) is 1.98. The summed E-state index contributed by atoms with van der Waals surface area (Å²) in [5.74, 6) is -0.433. The number of anilines is 1. The predicted octanol–water partition coefficient (Wildman–Crippen LogP) is 1.93. The van der Waals surface area contributed by atoms with Crippen LogP contribution in [0.2, 0.25) is 0 Å². The van der Waals surface area contributed by atoms with Gasteiger partial charge in [-0.25, -0.2) is 8.42 Å². The Kier molecular flexibility index (Phi) is 6.75. The van der Waals surface area contributed by atoms with Crippen LogP contribution < -0.4 is 5.32 Å². The molecule has 2 amide bonds. The standard InChI is InChI=1S/C16H24N2O4S/c1-5-15(19)17-14-9-7-8-13(10-14)16(20)18(4)12(3)11-23(21,22)6-2/h7-10,12H,5-6,11H2,1-4H3,(H,17,19)/t12-/m1/s1. The van der Waals surface area contributed by atoms with Crippen LogP contribution in [0.5, 0.6) is 0 Å². The van der Waals surface area contributed by atoms with E-state index in [2.05, 4.69) is 5.32 Å². The molecule has 0 bridgehead atoms. The topological polar surface area (TPSA) is 83.6 Å². The van der Waals surface area contributed by atoms with E-state index < -0.39 is 15.9 Å². The summed E-state index contributed by atoms with van der Waals surface area (Å²) < 4.78 is 23.4. The summed E-state index contributed by atoms with van der Waals surface area (Å²) in [6.45, 7) is 5.03. The van der Waals surface area contributed by atoms with Crippen LogP contribution in [0.4, 0.5) is 5.69 Å². The first-order valence-corrected chi connectivity index (χ1v) is 9.39. The highest BCUT2D eigenvalue weighted by molar-refractivity contribution is 7.91. The van der Waals surface area contributed by atoms with Gasteiger partial charge in [0.25, 0.3) is 5.91 Å². The summed E-state index contributed by atoms with van der Waals surface area (Å²) in [4.78, 5) is 25.3. The van der Waals surface area contributed by atoms with Crippen molar-refractivity contribution in [2.45, 2.75) is 33.2 Å². The maximum absolute atomic E-state index is 12.5. The van der Waals surface area contributed by atoms with Crippen LogP contribution in [0.15, 0.2) is 24.3 Å². The molecule has 0 spiro atoms. The summed E-state index contributed by atoms with van der Waals surface area (Å²) in [5, 5.41) is 2.70. The van der Waals surface area contributed by atoms with Crippen molar-refractivity contribution in [3.63, 3.8) is 0 Å². The molecule has 23 heavy (non-hydrogen) atoms. The quantitative estimate of drug-likeness (QED) is 0.822. The molecule has 1 rings (SSSR count). The molecular weight excluding hydrogens is 316 g/mol. The van der Waals surface area contributed by atoms with Crippen molar-refractivity contribution in [3.05, 3.63) is 29.8 Å². The highest BCUT2D eigenvalue weighted by Gasteiger charge is 2.22. The van der Waals surface area contributed by atoms with Gasteiger partial charge >= 0.3 is 0 Å². The van der Waals surface area contributed by atoms with Gasteiger partial charge in [-0.3, -0.25) is 9.59 Å². The maximum Gasteiger partial charge on any atom is 0.253 e. The molecule has 0 radical (unpaired) electrons. The summed E-state index contributed by atoms with van der Waals surface area (Å²) >= 11 is 0. The molecule has 0 heterocycles. The van der Waals surface area contributed by atoms with Crippen molar-refractivity contribution in [2.24, 2.45) is 0 Å². The van der Waals surface area contributed by atoms with Gasteiger partial charge in [0.1, 0.15) is 0 Å². The molecule has 128 valence electrons. The van der Waals surface area contributed by atoms with Gasteiger partial charge in [0.05, 0.1) is 5.75 Å². The highest BCUT2D eigenvalue weighted by Crippen LogP contribution is 2.14. The lowest BCUT2D eigenvalue weighted by molar-refractivity contribution is -0.115. The Balaban J connectivity index is 2.87. The highest BCUT2D eigenvalue weighted by atomic mass is 32.2. The number of hydrogen-bond acceptors (Lipinski definition) is 4. The van der Waals surface area contributed by atoms with Gasteiger partial charge in [0, 0.05) is 36.5 Å². The van der Waals surface area contributed by atoms with E-state index in [9.17, 15) is 18.0 Å². The molecule has 0 fully saturated rings. The first-order chi connectivity index (χ1) is 10.7. The lowest BCUT2D eigenvalue weighted by Gasteiger charge is -2.25. The van der Waals surface area contributed by atoms with Crippen LogP contribution in [0.3, 0.4) is 0 Å². The Bertz CT molecular complexity index is 670. The summed E-state index contributed by atoms with van der Waals surface area (Å²) in [6.07, 6.45) is 0.351. The molecule has 6 nitrogen and oxygen atoms in total. The lowest BCUT2D eigenvalue weighted by atomic mass is 10.1. The SMILES string of the molecule is CCC(=O)Nc1cccc(C(=O)N(C)[C@H](C)CS(=O)(=O)CC)c1. The molecule has 0 aliphatic carbocycles. The maximum atomic E-state index is 12.5. The van der Waals surface area contributed by atoms with E-state index in [1.165, 1.54) is 4.90 Å². The molecule has 0 aromatic heterocycles. The summed E-state index contributed by atoms with van der Waals surface area (Å²) in [5.41, 5.74) is 0.951. The van der Waals surface area contributed by atoms with E-state index in [0.29, 0.717) is 17.7 Å². The molecular formula is C16H24N2O4S. The van der Waals surface area contributed by atoms with Gasteiger partial charge in [-0.15, -0.1) is 0 Å². The van der Waals surface area contributed by atoms with E-state index in [0.717, 1.165) is 0 Å². The third-order valence-corrected chi connectivity index (χ3v) is 5.50. The summed E-state index contributed by atoms with van der Waals surface area (Å²) in [6, 6.07) is 6.19. The number of rotatable bonds is 7. The first-order valence-electron chi connectivity index (χ1n) is 7.57. The van der Waals surface area contributed by atoms with Gasteiger partial charge in [0.15, 0.2) is 9.84 Å². The normalized spacial score (nSPS) is 12.5. The minimum atomic E-state index is -3.16. The van der Waals surface area contributed by atoms with Crippen molar-refractivity contribution < 1.29 is 18.0 Å². The molecule has 0 saturated heterocycles. The van der Waals surface area contributed by atoms with E-state index in [1.807, 2.05) is 0 Å². The van der Waals surface area contributed by atoms with Gasteiger partial charge < -0.3 is 10.2 Å². The number of nitrogens with zero attached hydrogens (tertiary/aromatic N) is 1. The van der Waals surface area contributed by atoms with Crippen LogP contribution in [-0.2, 0) is 14.6 Å². The second-order valence-corrected chi connectivity index (χ2v) is 7.84. The van der Waals surface area contributed by atoms with Crippen molar-refractivity contribution in [1.82, 2.24) is 4.90 Å². The van der Waals surface area contributed by atoms with Gasteiger partial charge in [-0.1, -0.05) is 19.9 Å². The van der Waals surface area contributed by atoms with Crippen molar-refractivity contribution in [3.8, 4) is 0 Å². The minimum absolute atomic E-state index is 0.0535. The minimum Gasteiger partial charge on any atom is -0.338 e. The summed E-state index contributed by atoms with van der Waals surface area (Å²) in [7, 11) is -1.58. The molecule has 0 aliphatic heterocycles. The van der Waals surface area contributed by atoms with Crippen molar-refractivity contribution in [1.29, 1.82) is 0 Å². The van der Waals surface area contributed by atoms with E-state index in [-0.39, 0.29) is 23.3 Å². The Morgan fingerprint density at radius 3 is 2.48 bits per heavy atom. The second kappa shape index (κ2) is 8.10. The zero-order valence-corrected chi connectivity index (χ0v) is 14.8. The average Bonchev–Trinajstić information content (AvgIpc) is 2.53. The number of nitrogens with one attached hydrogen (secondary N) is 1. The van der Waals surface area contributed by atoms with Crippen molar-refractivity contribution >= 4 is 27.3 Å². The fraction of sp³-hybridized carbons (Fsp3) is 0.500. The lowest BCUT2D eigenvalue weighted by Crippen LogP contribution is -2.39. The first kappa shape index (κ1) is 19.2. The van der Waals surface area contributed by atoms with Gasteiger partial charge in [-0.2, -0.15) is 0 Å². The number of carbonyl (C=O) groups is 2. The van der Waals surface area contributed by atoms with Crippen LogP contribution in [-0.4, -0.2) is 49.7 Å². The second-order valence-electron chi connectivity index (χ2n) is 5.45. The molecule has 1 aromatic carbocycles. The molecule has 0 unspecified atom stereocenters. The molecule has 0 aliphatic rings. The van der Waals surface area contributed by atoms with E-state index in [1.54, 1.807) is 52.1 Å². The number of carbonyl (C=O) groups excluding carboxylic acids is 2. The Labute approximate surface area is 137 Å². The van der Waals surface area contributed by atoms with Gasteiger partial charge in [-0.05, 0) is 25.1 Å². The Morgan fingerprint density at radius 1 is 1.26 bits per heavy atom. The predicted molar refractivity (Wildman–Crippen MR) is 91.2 cm³/mol. The third-order valence-electron chi connectivity index (χ3n) is 3.63. The van der Waals surface area contributed by atoms with E-state index in [4.69, 9.17) is 0 Å². The zero-order valence-electron chi connectivity index (χ0n) is 14.0. The number of amides is 2. The molecule has 1 aromatic rings. The largest absolute Gasteiger partial charge is 0.338 e. The zero-order chi connectivity index (χ0) is 17.6. The van der Waals surface area contributed by atoms with Gasteiger partial charge in [0.2, 0.25) is 5.91 Å². The number of hydrogen-bond donors (Lipinski definition) is 1. The Hall–Kier alpha value is -1.89.